The van der Waals surface area contributed by atoms with Gasteiger partial charge in [0.15, 0.2) is 33.2 Å². The number of nitrogens with zero attached hydrogens (tertiary/aromatic N) is 8. The molecule has 1 aromatic carbocycles. The number of ketones is 2. The van der Waals surface area contributed by atoms with Crippen LogP contribution in [0.1, 0.15) is 88.1 Å². The highest BCUT2D eigenvalue weighted by Gasteiger charge is 2.64. The number of pyridine rings is 1. The molecule has 1 saturated heterocycles. The number of anilines is 2. The van der Waals surface area contributed by atoms with Gasteiger partial charge in [-0.1, -0.05) is 55.4 Å². The number of oxime groups is 1. The van der Waals surface area contributed by atoms with Crippen LogP contribution in [0.25, 0.3) is 17.0 Å². The third-order valence-corrected chi connectivity index (χ3v) is 19.3. The maximum atomic E-state index is 14.4. The number of fused-ring (bicyclic) bond motifs is 4. The number of carbonyl (C=O) groups excluding carboxylic acids is 7. The van der Waals surface area contributed by atoms with Gasteiger partial charge in [-0.05, 0) is 70.3 Å². The number of β-lactam (4-membered cyclic amide) rings is 1. The molecule has 6 atom stereocenters. The third kappa shape index (κ3) is 12.2. The first-order valence-electron chi connectivity index (χ1n) is 27.4. The zero-order valence-electron chi connectivity index (χ0n) is 47.1. The predicted molar refractivity (Wildman–Crippen MR) is 314 cm³/mol. The summed E-state index contributed by atoms with van der Waals surface area (Å²) >= 11 is 4.99. The number of aliphatic hydroxyl groups excluding tert-OH is 2. The number of aromatic nitrogens is 4. The van der Waals surface area contributed by atoms with Gasteiger partial charge in [0.1, 0.15) is 53.6 Å². The van der Waals surface area contributed by atoms with Crippen LogP contribution in [-0.4, -0.2) is 157 Å². The van der Waals surface area contributed by atoms with Crippen LogP contribution in [0.2, 0.25) is 0 Å². The normalized spacial score (nSPS) is 22.0. The monoisotopic (exact) mass is 1230 g/mol. The minimum Gasteiger partial charge on any atom is -0.508 e. The molecule has 446 valence electrons. The first kappa shape index (κ1) is 61.3. The molecule has 2 fully saturated rings. The van der Waals surface area contributed by atoms with E-state index in [1.165, 1.54) is 50.7 Å². The Morgan fingerprint density at radius 2 is 1.69 bits per heavy atom. The Hall–Kier alpha value is -7.24. The number of ether oxygens (including phenoxy) is 2. The van der Waals surface area contributed by atoms with Crippen molar-refractivity contribution in [2.45, 2.75) is 105 Å². The van der Waals surface area contributed by atoms with E-state index >= 15 is 0 Å². The number of nitrogens with one attached hydrogen (secondary N) is 1. The average Bonchev–Trinajstić information content (AvgIpc) is 1.28. The molecule has 5 heterocycles. The molecule has 9 rings (SSSR count). The lowest BCUT2D eigenvalue weighted by atomic mass is 9.57. The van der Waals surface area contributed by atoms with E-state index in [4.69, 9.17) is 30.8 Å². The van der Waals surface area contributed by atoms with E-state index in [1.54, 1.807) is 41.2 Å². The maximum absolute atomic E-state index is 14.4. The summed E-state index contributed by atoms with van der Waals surface area (Å²) in [5.74, 6) is -8.91. The van der Waals surface area contributed by atoms with Crippen molar-refractivity contribution < 1.29 is 67.8 Å². The van der Waals surface area contributed by atoms with Gasteiger partial charge in [-0.25, -0.2) is 14.3 Å². The molecule has 28 heteroatoms. The smallest absolute Gasteiger partial charge is 0.355 e. The molecule has 84 heavy (non-hydrogen) atoms. The second-order valence-corrected chi connectivity index (χ2v) is 25.4. The van der Waals surface area contributed by atoms with Crippen molar-refractivity contribution in [2.75, 3.05) is 57.8 Å². The quantitative estimate of drug-likeness (QED) is 0.00821. The highest BCUT2D eigenvalue weighted by atomic mass is 32.2. The molecule has 0 spiro atoms. The summed E-state index contributed by atoms with van der Waals surface area (Å²) in [6.07, 6.45) is 10.2. The van der Waals surface area contributed by atoms with Gasteiger partial charge in [0, 0.05) is 83.0 Å². The number of thioether (sulfide) groups is 2. The van der Waals surface area contributed by atoms with Crippen LogP contribution >= 0.6 is 46.4 Å². The van der Waals surface area contributed by atoms with Crippen LogP contribution in [-0.2, 0) is 56.6 Å². The Morgan fingerprint density at radius 3 is 2.35 bits per heavy atom. The summed E-state index contributed by atoms with van der Waals surface area (Å²) in [6.45, 7) is 1.97. The largest absolute Gasteiger partial charge is 0.508 e. The molecule has 3 aliphatic carbocycles. The van der Waals surface area contributed by atoms with Crippen LogP contribution in [0, 0.1) is 11.8 Å². The third-order valence-electron chi connectivity index (χ3n) is 15.3. The highest BCUT2D eigenvalue weighted by molar-refractivity contribution is 8.07. The van der Waals surface area contributed by atoms with Gasteiger partial charge in [-0.2, -0.15) is 9.36 Å². The molecule has 5 aliphatic rings. The standard InChI is InChI=1S/C56H65N11O13S4/c1-7-79-62-40(49-61-54(58)84-63-49)50(74)60-41-51(75)67-43(35(27-81-52(41)67)83-55-59-32(26-82-55)28-19-21-66(6)22-20-28)53(76)78-23-15-13-11-9-8-10-12-14-16-36(68)80-34-18-17-33(64(2)3)30-24-29-25-31-42(65(4)5)45(70)39(48(57)73)47(72)56(31,77)46(71)37(29)44(69)38(30)34/h17-22,26,29,31,41-42,52,77H,7-16,23-25,27H2,1-6H3,(H6-,57,58,60,61,63,69,70,71,72,73,74)/p+1/b62-40+/t29-,31-,41-,42-,52?,56-/m1/s1. The number of likely N-dealkylation sites (N-methyl/N-ethyl adjacent to an activating group) is 1. The molecular weight excluding hydrogens is 1160 g/mol. The number of amides is 3. The SMILES string of the molecule is CCO/N=C(/C(=O)N[C@@H]1C(=O)N2C(C(=O)OCCCCCCCCCCC(=O)Oc3ccc(N(C)C)c4c3C(O)=C3C(=O)[C@@]5(O)C(O)=C(C(N)=O)C(=O)[C@H](N(C)C)[C@H]5C[C@H]3C4)=C(Sc3nc(-c4cc[n+](C)cc4)cs3)CSC12)c1nsc(N)n1. The number of aryl methyl sites for hydroxylation is 1. The molecule has 3 aromatic heterocycles. The topological polar surface area (TPSA) is 337 Å². The summed E-state index contributed by atoms with van der Waals surface area (Å²) in [5, 5.41) is 43.3. The second kappa shape index (κ2) is 25.9. The van der Waals surface area contributed by atoms with Crippen molar-refractivity contribution in [3.63, 3.8) is 0 Å². The predicted octanol–water partition coefficient (Wildman–Crippen LogP) is 4.51. The van der Waals surface area contributed by atoms with Crippen LogP contribution in [0.5, 0.6) is 5.75 Å². The van der Waals surface area contributed by atoms with Crippen molar-refractivity contribution in [1.29, 1.82) is 0 Å². The minimum atomic E-state index is -2.74. The Bertz CT molecular complexity index is 3410. The molecule has 1 unspecified atom stereocenters. The average molecular weight is 1230 g/mol. The summed E-state index contributed by atoms with van der Waals surface area (Å²) < 4.78 is 18.4. The van der Waals surface area contributed by atoms with E-state index in [1.807, 2.05) is 46.4 Å². The molecule has 8 N–H and O–H groups in total. The van der Waals surface area contributed by atoms with Crippen molar-refractivity contribution in [3.8, 4) is 17.0 Å². The zero-order chi connectivity index (χ0) is 60.3. The number of nitrogens with two attached hydrogens (primary N) is 2. The first-order chi connectivity index (χ1) is 40.1. The van der Waals surface area contributed by atoms with Gasteiger partial charge in [-0.15, -0.1) is 23.1 Å². The Labute approximate surface area is 500 Å². The van der Waals surface area contributed by atoms with Crippen LogP contribution in [0.3, 0.4) is 0 Å². The van der Waals surface area contributed by atoms with E-state index in [2.05, 4.69) is 19.8 Å². The van der Waals surface area contributed by atoms with Gasteiger partial charge in [-0.3, -0.25) is 38.6 Å². The van der Waals surface area contributed by atoms with Crippen LogP contribution in [0.4, 0.5) is 10.8 Å². The van der Waals surface area contributed by atoms with E-state index in [0.29, 0.717) is 39.1 Å². The Morgan fingerprint density at radius 1 is 0.988 bits per heavy atom. The number of Topliss-reactive ketones (excluding diaryl/α,β-unsaturated/α-hetero) is 2. The number of rotatable bonds is 24. The molecule has 0 bridgehead atoms. The fraction of sp³-hybridized carbons (Fsp3) is 0.464. The fourth-order valence-corrected chi connectivity index (χ4v) is 15.2. The zero-order valence-corrected chi connectivity index (χ0v) is 50.4. The van der Waals surface area contributed by atoms with Gasteiger partial charge >= 0.3 is 11.9 Å². The number of hydrogen-bond acceptors (Lipinski definition) is 24. The lowest BCUT2D eigenvalue weighted by Crippen LogP contribution is -2.71. The number of esters is 2. The maximum Gasteiger partial charge on any atom is 0.355 e. The molecule has 0 radical (unpaired) electrons. The summed E-state index contributed by atoms with van der Waals surface area (Å²) in [6, 6.07) is 5.02. The number of primary amides is 1. The second-order valence-electron chi connectivity index (χ2n) is 21.3. The Kier molecular flexibility index (Phi) is 18.9. The highest BCUT2D eigenvalue weighted by Crippen LogP contribution is 2.54. The summed E-state index contributed by atoms with van der Waals surface area (Å²) in [7, 11) is 8.65. The molecule has 2 aliphatic heterocycles. The van der Waals surface area contributed by atoms with Gasteiger partial charge in [0.25, 0.3) is 17.7 Å². The number of unbranched alkanes of at least 4 members (excludes halogenated alkanes) is 7. The molecular formula is C56H66N11O13S4+. The Balaban J connectivity index is 0.766. The first-order valence-corrected chi connectivity index (χ1v) is 30.9. The molecule has 1 saturated carbocycles. The number of thiazole rings is 1. The van der Waals surface area contributed by atoms with E-state index in [9.17, 15) is 48.9 Å². The lowest BCUT2D eigenvalue weighted by Gasteiger charge is -2.50. The van der Waals surface area contributed by atoms with Crippen molar-refractivity contribution in [2.24, 2.45) is 29.8 Å². The van der Waals surface area contributed by atoms with E-state index < -0.39 is 93.2 Å². The molecule has 3 amide bonds. The summed E-state index contributed by atoms with van der Waals surface area (Å²) in [4.78, 5) is 115. The van der Waals surface area contributed by atoms with Crippen LogP contribution in [0.15, 0.2) is 79.0 Å². The number of benzene rings is 1. The number of nitrogen functional groups attached to an aromatic ring is 1. The molecule has 24 nitrogen and oxygen atoms in total. The van der Waals surface area contributed by atoms with E-state index in [0.717, 1.165) is 61.3 Å². The van der Waals surface area contributed by atoms with Crippen molar-refractivity contribution in [1.82, 2.24) is 29.5 Å². The number of carbonyl (C=O) groups is 7. The van der Waals surface area contributed by atoms with Gasteiger partial charge in [0.05, 0.1) is 23.9 Å². The number of hydrogen-bond donors (Lipinski definition) is 6. The summed E-state index contributed by atoms with van der Waals surface area (Å²) in [5.41, 5.74) is 10.4. The molecule has 4 aromatic rings. The van der Waals surface area contributed by atoms with E-state index in [-0.39, 0.29) is 71.7 Å². The van der Waals surface area contributed by atoms with Crippen LogP contribution < -0.4 is 31.0 Å². The lowest BCUT2D eigenvalue weighted by molar-refractivity contribution is -0.671. The minimum absolute atomic E-state index is 0.0138. The van der Waals surface area contributed by atoms with Gasteiger partial charge in [0.2, 0.25) is 17.3 Å². The number of aliphatic hydroxyl groups is 3. The van der Waals surface area contributed by atoms with Crippen molar-refractivity contribution >= 4 is 110 Å². The van der Waals surface area contributed by atoms with Crippen molar-refractivity contribution in [3.05, 3.63) is 86.5 Å². The van der Waals surface area contributed by atoms with Gasteiger partial charge < -0.3 is 51.3 Å². The fourth-order valence-electron chi connectivity index (χ4n) is 11.3.